The number of methoxy groups -OCH3 is 2. The van der Waals surface area contributed by atoms with E-state index in [2.05, 4.69) is 10.6 Å². The van der Waals surface area contributed by atoms with Crippen LogP contribution in [0, 0.1) is 11.3 Å². The molecular formula is C24H29N3O5. The number of nitrogens with zero attached hydrogens (tertiary/aromatic N) is 1. The summed E-state index contributed by atoms with van der Waals surface area (Å²) in [6.45, 7) is 5.71. The van der Waals surface area contributed by atoms with Crippen LogP contribution in [0.1, 0.15) is 27.2 Å². The van der Waals surface area contributed by atoms with Crippen molar-refractivity contribution >= 4 is 34.8 Å². The summed E-state index contributed by atoms with van der Waals surface area (Å²) >= 11 is 0. The highest BCUT2D eigenvalue weighted by Crippen LogP contribution is 2.36. The monoisotopic (exact) mass is 439 g/mol. The van der Waals surface area contributed by atoms with Crippen LogP contribution in [-0.2, 0) is 14.4 Å². The molecule has 1 aliphatic rings. The Hall–Kier alpha value is -3.55. The Morgan fingerprint density at radius 1 is 1.00 bits per heavy atom. The second-order valence-corrected chi connectivity index (χ2v) is 8.72. The number of benzene rings is 2. The molecule has 32 heavy (non-hydrogen) atoms. The zero-order chi connectivity index (χ0) is 23.5. The van der Waals surface area contributed by atoms with Gasteiger partial charge in [-0.2, -0.15) is 0 Å². The fourth-order valence-corrected chi connectivity index (χ4v) is 3.36. The number of carbonyl (C=O) groups is 3. The van der Waals surface area contributed by atoms with E-state index in [0.29, 0.717) is 28.6 Å². The quantitative estimate of drug-likeness (QED) is 0.716. The van der Waals surface area contributed by atoms with Crippen LogP contribution in [0.3, 0.4) is 0 Å². The number of rotatable bonds is 6. The van der Waals surface area contributed by atoms with Gasteiger partial charge in [-0.05, 0) is 30.3 Å². The highest BCUT2D eigenvalue weighted by molar-refractivity contribution is 6.04. The lowest BCUT2D eigenvalue weighted by Gasteiger charge is -2.20. The third-order valence-corrected chi connectivity index (χ3v) is 5.24. The van der Waals surface area contributed by atoms with Gasteiger partial charge in [-0.3, -0.25) is 14.4 Å². The summed E-state index contributed by atoms with van der Waals surface area (Å²) in [5.41, 5.74) is 1.17. The lowest BCUT2D eigenvalue weighted by atomic mass is 9.95. The van der Waals surface area contributed by atoms with Crippen molar-refractivity contribution in [1.82, 2.24) is 0 Å². The maximum atomic E-state index is 12.9. The van der Waals surface area contributed by atoms with Crippen molar-refractivity contribution in [3.05, 3.63) is 42.5 Å². The second-order valence-electron chi connectivity index (χ2n) is 8.72. The Morgan fingerprint density at radius 3 is 2.31 bits per heavy atom. The predicted molar refractivity (Wildman–Crippen MR) is 123 cm³/mol. The number of amides is 3. The van der Waals surface area contributed by atoms with Gasteiger partial charge in [-0.1, -0.05) is 26.8 Å². The van der Waals surface area contributed by atoms with Crippen LogP contribution in [0.25, 0.3) is 0 Å². The van der Waals surface area contributed by atoms with E-state index in [-0.39, 0.29) is 30.7 Å². The molecule has 1 heterocycles. The van der Waals surface area contributed by atoms with Crippen LogP contribution in [0.5, 0.6) is 11.5 Å². The number of carbonyl (C=O) groups excluding carboxylic acids is 3. The van der Waals surface area contributed by atoms with Gasteiger partial charge >= 0.3 is 0 Å². The molecule has 2 N–H and O–H groups in total. The summed E-state index contributed by atoms with van der Waals surface area (Å²) in [5.74, 6) is 0.0551. The van der Waals surface area contributed by atoms with Gasteiger partial charge in [0, 0.05) is 35.8 Å². The van der Waals surface area contributed by atoms with Gasteiger partial charge in [0.2, 0.25) is 17.7 Å². The fourth-order valence-electron chi connectivity index (χ4n) is 3.36. The van der Waals surface area contributed by atoms with E-state index < -0.39 is 11.3 Å². The van der Waals surface area contributed by atoms with Gasteiger partial charge in [0.1, 0.15) is 11.5 Å². The zero-order valence-corrected chi connectivity index (χ0v) is 19.0. The number of hydrogen-bond acceptors (Lipinski definition) is 5. The molecule has 1 fully saturated rings. The number of hydrogen-bond donors (Lipinski definition) is 2. The largest absolute Gasteiger partial charge is 0.497 e. The normalized spacial score (nSPS) is 16.0. The van der Waals surface area contributed by atoms with E-state index in [1.165, 1.54) is 7.11 Å². The number of nitrogens with one attached hydrogen (secondary N) is 2. The minimum absolute atomic E-state index is 0.0899. The molecule has 0 bridgehead atoms. The maximum absolute atomic E-state index is 12.9. The molecule has 1 atom stereocenters. The van der Waals surface area contributed by atoms with Gasteiger partial charge in [0.15, 0.2) is 0 Å². The smallest absolute Gasteiger partial charge is 0.229 e. The van der Waals surface area contributed by atoms with Crippen molar-refractivity contribution in [1.29, 1.82) is 0 Å². The molecule has 1 aliphatic heterocycles. The lowest BCUT2D eigenvalue weighted by molar-refractivity contribution is -0.123. The maximum Gasteiger partial charge on any atom is 0.229 e. The van der Waals surface area contributed by atoms with Crippen molar-refractivity contribution in [2.24, 2.45) is 11.3 Å². The first-order valence-electron chi connectivity index (χ1n) is 10.4. The van der Waals surface area contributed by atoms with Crippen LogP contribution in [0.15, 0.2) is 42.5 Å². The Balaban J connectivity index is 1.71. The topological polar surface area (TPSA) is 97.0 Å². The Morgan fingerprint density at radius 2 is 1.69 bits per heavy atom. The fraction of sp³-hybridized carbons (Fsp3) is 0.375. The van der Waals surface area contributed by atoms with E-state index in [9.17, 15) is 14.4 Å². The molecule has 0 spiro atoms. The van der Waals surface area contributed by atoms with Crippen molar-refractivity contribution in [3.63, 3.8) is 0 Å². The van der Waals surface area contributed by atoms with Crippen LogP contribution in [0.2, 0.25) is 0 Å². The van der Waals surface area contributed by atoms with E-state index in [0.717, 1.165) is 0 Å². The third-order valence-electron chi connectivity index (χ3n) is 5.24. The SMILES string of the molecule is COc1ccc(OC)c(N2CC(C(=O)Nc3cccc(NC(=O)C(C)(C)C)c3)CC2=O)c1. The first kappa shape index (κ1) is 23.1. The molecule has 8 heteroatoms. The highest BCUT2D eigenvalue weighted by atomic mass is 16.5. The summed E-state index contributed by atoms with van der Waals surface area (Å²) in [4.78, 5) is 39.3. The number of ether oxygens (including phenoxy) is 2. The second kappa shape index (κ2) is 9.30. The minimum Gasteiger partial charge on any atom is -0.497 e. The van der Waals surface area contributed by atoms with Crippen molar-refractivity contribution in [2.45, 2.75) is 27.2 Å². The molecule has 1 saturated heterocycles. The summed E-state index contributed by atoms with van der Waals surface area (Å²) in [6, 6.07) is 12.1. The van der Waals surface area contributed by atoms with E-state index in [1.54, 1.807) is 54.5 Å². The third kappa shape index (κ3) is 5.19. The summed E-state index contributed by atoms with van der Waals surface area (Å²) < 4.78 is 10.6. The Bertz CT molecular complexity index is 1030. The molecule has 0 aliphatic carbocycles. The van der Waals surface area contributed by atoms with Gasteiger partial charge in [-0.15, -0.1) is 0 Å². The zero-order valence-electron chi connectivity index (χ0n) is 19.0. The van der Waals surface area contributed by atoms with E-state index >= 15 is 0 Å². The molecule has 8 nitrogen and oxygen atoms in total. The molecule has 2 aromatic carbocycles. The average Bonchev–Trinajstić information content (AvgIpc) is 3.14. The van der Waals surface area contributed by atoms with Crippen LogP contribution < -0.4 is 25.0 Å². The molecular weight excluding hydrogens is 410 g/mol. The van der Waals surface area contributed by atoms with Crippen LogP contribution >= 0.6 is 0 Å². The van der Waals surface area contributed by atoms with Crippen molar-refractivity contribution in [2.75, 3.05) is 36.3 Å². The average molecular weight is 440 g/mol. The van der Waals surface area contributed by atoms with Gasteiger partial charge < -0.3 is 25.0 Å². The highest BCUT2D eigenvalue weighted by Gasteiger charge is 2.36. The van der Waals surface area contributed by atoms with Crippen molar-refractivity contribution < 1.29 is 23.9 Å². The first-order valence-corrected chi connectivity index (χ1v) is 10.4. The summed E-state index contributed by atoms with van der Waals surface area (Å²) in [6.07, 6.45) is 0.0899. The molecule has 0 radical (unpaired) electrons. The van der Waals surface area contributed by atoms with E-state index in [1.807, 2.05) is 20.8 Å². The molecule has 3 rings (SSSR count). The molecule has 0 aromatic heterocycles. The lowest BCUT2D eigenvalue weighted by Crippen LogP contribution is -2.28. The van der Waals surface area contributed by atoms with Gasteiger partial charge in [-0.25, -0.2) is 0 Å². The standard InChI is InChI=1S/C24H29N3O5/c1-24(2,3)23(30)26-17-8-6-7-16(12-17)25-22(29)15-11-21(28)27(14-15)19-13-18(31-4)9-10-20(19)32-5/h6-10,12-13,15H,11,14H2,1-5H3,(H,25,29)(H,26,30). The first-order chi connectivity index (χ1) is 15.1. The Labute approximate surface area is 187 Å². The van der Waals surface area contributed by atoms with Gasteiger partial charge in [0.25, 0.3) is 0 Å². The summed E-state index contributed by atoms with van der Waals surface area (Å²) in [7, 11) is 3.08. The molecule has 2 aromatic rings. The molecule has 1 unspecified atom stereocenters. The minimum atomic E-state index is -0.534. The van der Waals surface area contributed by atoms with Crippen LogP contribution in [-0.4, -0.2) is 38.5 Å². The van der Waals surface area contributed by atoms with E-state index in [4.69, 9.17) is 9.47 Å². The van der Waals surface area contributed by atoms with Crippen molar-refractivity contribution in [3.8, 4) is 11.5 Å². The van der Waals surface area contributed by atoms with Crippen LogP contribution in [0.4, 0.5) is 17.1 Å². The molecule has 3 amide bonds. The predicted octanol–water partition coefficient (Wildman–Crippen LogP) is 3.68. The van der Waals surface area contributed by atoms with Gasteiger partial charge in [0.05, 0.1) is 25.8 Å². The summed E-state index contributed by atoms with van der Waals surface area (Å²) in [5, 5.41) is 5.70. The molecule has 170 valence electrons. The number of anilines is 3. The Kier molecular flexibility index (Phi) is 6.72. The molecule has 0 saturated carbocycles.